The number of Topliss-reactive ketones (excluding diaryl/α,β-unsaturated/α-hetero) is 1. The van der Waals surface area contributed by atoms with Gasteiger partial charge in [-0.2, -0.15) is 0 Å². The number of rotatable bonds is 6. The summed E-state index contributed by atoms with van der Waals surface area (Å²) in [6, 6.07) is 15.1. The second-order valence-electron chi connectivity index (χ2n) is 4.68. The van der Waals surface area contributed by atoms with Crippen molar-refractivity contribution >= 4 is 23.5 Å². The second-order valence-corrected chi connectivity index (χ2v) is 5.80. The third kappa shape index (κ3) is 4.21. The van der Waals surface area contributed by atoms with Crippen molar-refractivity contribution in [3.8, 4) is 5.75 Å². The Balaban J connectivity index is 2.34. The van der Waals surface area contributed by atoms with Gasteiger partial charge in [-0.3, -0.25) is 9.59 Å². The van der Waals surface area contributed by atoms with E-state index in [1.807, 2.05) is 43.3 Å². The summed E-state index contributed by atoms with van der Waals surface area (Å²) in [7, 11) is 0. The van der Waals surface area contributed by atoms with Crippen LogP contribution in [-0.4, -0.2) is 11.8 Å². The van der Waals surface area contributed by atoms with E-state index in [4.69, 9.17) is 4.74 Å². The van der Waals surface area contributed by atoms with Crippen molar-refractivity contribution in [1.82, 2.24) is 0 Å². The minimum absolute atomic E-state index is 0.0325. The lowest BCUT2D eigenvalue weighted by Gasteiger charge is -2.11. The predicted octanol–water partition coefficient (Wildman–Crippen LogP) is 4.75. The molecule has 0 spiro atoms. The van der Waals surface area contributed by atoms with Gasteiger partial charge in [0, 0.05) is 23.3 Å². The number of ketones is 1. The fourth-order valence-electron chi connectivity index (χ4n) is 1.86. The van der Waals surface area contributed by atoms with Crippen LogP contribution in [0.15, 0.2) is 58.3 Å². The monoisotopic (exact) mass is 314 g/mol. The molecule has 0 bridgehead atoms. The van der Waals surface area contributed by atoms with E-state index in [-0.39, 0.29) is 11.8 Å². The van der Waals surface area contributed by atoms with Crippen LogP contribution >= 0.6 is 11.8 Å². The van der Waals surface area contributed by atoms with Gasteiger partial charge >= 0.3 is 5.97 Å². The van der Waals surface area contributed by atoms with E-state index >= 15 is 0 Å². The van der Waals surface area contributed by atoms with E-state index in [9.17, 15) is 9.59 Å². The normalized spacial score (nSPS) is 10.3. The number of carbonyl (C=O) groups is 2. The topological polar surface area (TPSA) is 43.4 Å². The van der Waals surface area contributed by atoms with Gasteiger partial charge in [0.1, 0.15) is 5.75 Å². The average molecular weight is 314 g/mol. The first kappa shape index (κ1) is 16.3. The highest BCUT2D eigenvalue weighted by molar-refractivity contribution is 7.99. The van der Waals surface area contributed by atoms with E-state index < -0.39 is 0 Å². The summed E-state index contributed by atoms with van der Waals surface area (Å²) in [5.41, 5.74) is 0.568. The van der Waals surface area contributed by atoms with Crippen molar-refractivity contribution in [2.75, 3.05) is 0 Å². The largest absolute Gasteiger partial charge is 0.425 e. The third-order valence-corrected chi connectivity index (χ3v) is 4.14. The van der Waals surface area contributed by atoms with Gasteiger partial charge in [-0.05, 0) is 24.3 Å². The van der Waals surface area contributed by atoms with Crippen LogP contribution in [0.25, 0.3) is 0 Å². The van der Waals surface area contributed by atoms with Gasteiger partial charge in [-0.1, -0.05) is 49.9 Å². The summed E-state index contributed by atoms with van der Waals surface area (Å²) in [6.07, 6.45) is 0.716. The fraction of sp³-hybridized carbons (Fsp3) is 0.222. The number of ether oxygens (including phenoxy) is 1. The summed E-state index contributed by atoms with van der Waals surface area (Å²) in [5.74, 6) is 0.168. The molecule has 0 fully saturated rings. The Morgan fingerprint density at radius 2 is 1.73 bits per heavy atom. The Labute approximate surface area is 134 Å². The molecule has 2 aromatic rings. The molecule has 0 heterocycles. The first-order valence-corrected chi connectivity index (χ1v) is 8.06. The Bertz CT molecular complexity index is 665. The van der Waals surface area contributed by atoms with Gasteiger partial charge < -0.3 is 4.74 Å². The maximum Gasteiger partial charge on any atom is 0.310 e. The Morgan fingerprint density at radius 3 is 2.36 bits per heavy atom. The van der Waals surface area contributed by atoms with Gasteiger partial charge in [0.05, 0.1) is 4.90 Å². The summed E-state index contributed by atoms with van der Waals surface area (Å²) in [6.45, 7) is 3.56. The van der Waals surface area contributed by atoms with E-state index in [1.165, 1.54) is 11.8 Å². The summed E-state index contributed by atoms with van der Waals surface area (Å²) >= 11 is 1.51. The standard InChI is InChI=1S/C18H18O3S/c1-3-15(19)13-10-11-17(16(12-13)21-18(20)4-2)22-14-8-6-5-7-9-14/h5-12H,3-4H2,1-2H3. The number of hydrogen-bond acceptors (Lipinski definition) is 4. The lowest BCUT2D eigenvalue weighted by Crippen LogP contribution is -2.07. The number of carbonyl (C=O) groups excluding carboxylic acids is 2. The highest BCUT2D eigenvalue weighted by Gasteiger charge is 2.13. The molecule has 2 aromatic carbocycles. The molecule has 0 unspecified atom stereocenters. The van der Waals surface area contributed by atoms with Gasteiger partial charge in [0.2, 0.25) is 0 Å². The summed E-state index contributed by atoms with van der Waals surface area (Å²) in [4.78, 5) is 25.3. The molecular formula is C18H18O3S. The predicted molar refractivity (Wildman–Crippen MR) is 87.6 cm³/mol. The lowest BCUT2D eigenvalue weighted by atomic mass is 10.1. The van der Waals surface area contributed by atoms with Gasteiger partial charge in [0.25, 0.3) is 0 Å². The molecular weight excluding hydrogens is 296 g/mol. The van der Waals surface area contributed by atoms with E-state index in [0.717, 1.165) is 9.79 Å². The Hall–Kier alpha value is -2.07. The van der Waals surface area contributed by atoms with E-state index in [1.54, 1.807) is 19.1 Å². The maximum absolute atomic E-state index is 11.8. The first-order valence-electron chi connectivity index (χ1n) is 7.24. The second kappa shape index (κ2) is 7.80. The minimum Gasteiger partial charge on any atom is -0.425 e. The van der Waals surface area contributed by atoms with Crippen molar-refractivity contribution in [1.29, 1.82) is 0 Å². The van der Waals surface area contributed by atoms with Crippen molar-refractivity contribution in [3.05, 3.63) is 54.1 Å². The summed E-state index contributed by atoms with van der Waals surface area (Å²) in [5, 5.41) is 0. The Kier molecular flexibility index (Phi) is 5.78. The number of hydrogen-bond donors (Lipinski definition) is 0. The number of benzene rings is 2. The van der Waals surface area contributed by atoms with Crippen molar-refractivity contribution in [2.24, 2.45) is 0 Å². The highest BCUT2D eigenvalue weighted by atomic mass is 32.2. The van der Waals surface area contributed by atoms with E-state index in [2.05, 4.69) is 0 Å². The SMILES string of the molecule is CCC(=O)Oc1cc(C(=O)CC)ccc1Sc1ccccc1. The molecule has 0 aliphatic carbocycles. The minimum atomic E-state index is -0.309. The lowest BCUT2D eigenvalue weighted by molar-refractivity contribution is -0.134. The van der Waals surface area contributed by atoms with Gasteiger partial charge in [-0.25, -0.2) is 0 Å². The van der Waals surface area contributed by atoms with Crippen molar-refractivity contribution in [3.63, 3.8) is 0 Å². The van der Waals surface area contributed by atoms with Crippen LogP contribution in [0.1, 0.15) is 37.0 Å². The van der Waals surface area contributed by atoms with Crippen molar-refractivity contribution in [2.45, 2.75) is 36.5 Å². The zero-order chi connectivity index (χ0) is 15.9. The molecule has 4 heteroatoms. The molecule has 0 aromatic heterocycles. The first-order chi connectivity index (χ1) is 10.6. The van der Waals surface area contributed by atoms with Gasteiger partial charge in [-0.15, -0.1) is 0 Å². The van der Waals surface area contributed by atoms with Crippen LogP contribution in [0, 0.1) is 0 Å². The third-order valence-electron chi connectivity index (χ3n) is 3.07. The van der Waals surface area contributed by atoms with Crippen LogP contribution in [0.5, 0.6) is 5.75 Å². The highest BCUT2D eigenvalue weighted by Crippen LogP contribution is 2.36. The molecule has 0 saturated heterocycles. The molecule has 0 saturated carbocycles. The molecule has 0 aliphatic rings. The number of esters is 1. The fourth-order valence-corrected chi connectivity index (χ4v) is 2.74. The molecule has 3 nitrogen and oxygen atoms in total. The molecule has 0 N–H and O–H groups in total. The zero-order valence-corrected chi connectivity index (χ0v) is 13.5. The quantitative estimate of drug-likeness (QED) is 0.438. The smallest absolute Gasteiger partial charge is 0.310 e. The van der Waals surface area contributed by atoms with Crippen LogP contribution in [-0.2, 0) is 4.79 Å². The van der Waals surface area contributed by atoms with Crippen molar-refractivity contribution < 1.29 is 14.3 Å². The van der Waals surface area contributed by atoms with Crippen LogP contribution < -0.4 is 4.74 Å². The Morgan fingerprint density at radius 1 is 1.00 bits per heavy atom. The van der Waals surface area contributed by atoms with Crippen LogP contribution in [0.3, 0.4) is 0 Å². The molecule has 0 aliphatic heterocycles. The molecule has 2 rings (SSSR count). The zero-order valence-electron chi connectivity index (χ0n) is 12.7. The van der Waals surface area contributed by atoms with Crippen LogP contribution in [0.2, 0.25) is 0 Å². The molecule has 0 amide bonds. The molecule has 0 radical (unpaired) electrons. The van der Waals surface area contributed by atoms with Gasteiger partial charge in [0.15, 0.2) is 5.78 Å². The average Bonchev–Trinajstić information content (AvgIpc) is 2.56. The molecule has 22 heavy (non-hydrogen) atoms. The molecule has 114 valence electrons. The van der Waals surface area contributed by atoms with Crippen LogP contribution in [0.4, 0.5) is 0 Å². The van der Waals surface area contributed by atoms with E-state index in [0.29, 0.717) is 24.2 Å². The summed E-state index contributed by atoms with van der Waals surface area (Å²) < 4.78 is 5.39. The maximum atomic E-state index is 11.8. The molecule has 0 atom stereocenters.